The zero-order chi connectivity index (χ0) is 13.2. The van der Waals surface area contributed by atoms with Crippen LogP contribution in [0.1, 0.15) is 18.5 Å². The minimum Gasteiger partial charge on any atom is -0.363 e. The van der Waals surface area contributed by atoms with E-state index in [9.17, 15) is 0 Å². The Kier molecular flexibility index (Phi) is 3.33. The van der Waals surface area contributed by atoms with Crippen LogP contribution in [0.3, 0.4) is 0 Å². The number of anilines is 2. The molecule has 3 heterocycles. The van der Waals surface area contributed by atoms with Gasteiger partial charge in [-0.2, -0.15) is 16.3 Å². The maximum atomic E-state index is 5.41. The molecule has 0 fully saturated rings. The normalized spacial score (nSPS) is 12.5. The summed E-state index contributed by atoms with van der Waals surface area (Å²) >= 11 is 3.26. The van der Waals surface area contributed by atoms with E-state index in [0.29, 0.717) is 5.95 Å². The molecule has 0 bridgehead atoms. The number of hydrazine groups is 1. The number of aromatic nitrogens is 2. The number of hydrogen-bond acceptors (Lipinski definition) is 7. The van der Waals surface area contributed by atoms with Crippen LogP contribution in [0.4, 0.5) is 11.8 Å². The van der Waals surface area contributed by atoms with E-state index in [4.69, 9.17) is 5.84 Å². The van der Waals surface area contributed by atoms with Crippen molar-refractivity contribution in [3.05, 3.63) is 33.8 Å². The van der Waals surface area contributed by atoms with Gasteiger partial charge in [-0.05, 0) is 40.8 Å². The first-order valence-corrected chi connectivity index (χ1v) is 7.60. The van der Waals surface area contributed by atoms with Gasteiger partial charge in [-0.3, -0.25) is 5.43 Å². The van der Waals surface area contributed by atoms with Gasteiger partial charge in [0.1, 0.15) is 10.6 Å². The van der Waals surface area contributed by atoms with Crippen molar-refractivity contribution in [1.29, 1.82) is 0 Å². The van der Waals surface area contributed by atoms with Crippen LogP contribution in [0.2, 0.25) is 0 Å². The molecule has 4 N–H and O–H groups in total. The summed E-state index contributed by atoms with van der Waals surface area (Å²) in [5, 5.41) is 10.6. The standard InChI is InChI=1S/C12H13N5S2/c1-7(8-2-4-18-6-8)14-10-9-3-5-19-11(9)16-12(15-10)17-13/h2-7H,13H2,1H3,(H2,14,15,16,17). The van der Waals surface area contributed by atoms with Gasteiger partial charge in [0.05, 0.1) is 11.4 Å². The monoisotopic (exact) mass is 291 g/mol. The van der Waals surface area contributed by atoms with E-state index in [1.54, 1.807) is 22.7 Å². The molecule has 3 rings (SSSR count). The third-order valence-corrected chi connectivity index (χ3v) is 4.36. The van der Waals surface area contributed by atoms with E-state index in [2.05, 4.69) is 44.5 Å². The van der Waals surface area contributed by atoms with Crippen molar-refractivity contribution in [2.45, 2.75) is 13.0 Å². The SMILES string of the molecule is CC(Nc1nc(NN)nc2sccc12)c1ccsc1. The topological polar surface area (TPSA) is 75.9 Å². The summed E-state index contributed by atoms with van der Waals surface area (Å²) in [6, 6.07) is 4.31. The van der Waals surface area contributed by atoms with Gasteiger partial charge in [-0.1, -0.05) is 0 Å². The van der Waals surface area contributed by atoms with Crippen LogP contribution in [0.25, 0.3) is 10.2 Å². The highest BCUT2D eigenvalue weighted by Crippen LogP contribution is 2.29. The van der Waals surface area contributed by atoms with Crippen molar-refractivity contribution in [1.82, 2.24) is 9.97 Å². The summed E-state index contributed by atoms with van der Waals surface area (Å²) < 4.78 is 0. The van der Waals surface area contributed by atoms with Crippen LogP contribution in [0.15, 0.2) is 28.3 Å². The fourth-order valence-electron chi connectivity index (χ4n) is 1.84. The first-order chi connectivity index (χ1) is 9.28. The molecule has 3 aromatic rings. The molecule has 1 unspecified atom stereocenters. The third kappa shape index (κ3) is 2.40. The number of thiophene rings is 2. The minimum atomic E-state index is 0.190. The zero-order valence-corrected chi connectivity index (χ0v) is 11.9. The summed E-state index contributed by atoms with van der Waals surface area (Å²) in [6.45, 7) is 2.11. The molecule has 1 atom stereocenters. The number of fused-ring (bicyclic) bond motifs is 1. The fourth-order valence-corrected chi connectivity index (χ4v) is 3.36. The first-order valence-electron chi connectivity index (χ1n) is 5.78. The second kappa shape index (κ2) is 5.12. The second-order valence-electron chi connectivity index (χ2n) is 4.10. The van der Waals surface area contributed by atoms with Gasteiger partial charge in [0.15, 0.2) is 0 Å². The Labute approximate surface area is 118 Å². The van der Waals surface area contributed by atoms with Crippen molar-refractivity contribution in [3.8, 4) is 0 Å². The second-order valence-corrected chi connectivity index (χ2v) is 5.78. The summed E-state index contributed by atoms with van der Waals surface area (Å²) in [7, 11) is 0. The summed E-state index contributed by atoms with van der Waals surface area (Å²) in [5.41, 5.74) is 3.75. The maximum Gasteiger partial charge on any atom is 0.240 e. The Morgan fingerprint density at radius 1 is 1.26 bits per heavy atom. The van der Waals surface area contributed by atoms with Gasteiger partial charge >= 0.3 is 0 Å². The van der Waals surface area contributed by atoms with Crippen molar-refractivity contribution in [2.24, 2.45) is 5.84 Å². The fraction of sp³-hybridized carbons (Fsp3) is 0.167. The lowest BCUT2D eigenvalue weighted by atomic mass is 10.2. The quantitative estimate of drug-likeness (QED) is 0.508. The van der Waals surface area contributed by atoms with Crippen molar-refractivity contribution in [2.75, 3.05) is 10.7 Å². The Morgan fingerprint density at radius 2 is 2.16 bits per heavy atom. The molecule has 19 heavy (non-hydrogen) atoms. The number of nitrogens with zero attached hydrogens (tertiary/aromatic N) is 2. The number of nitrogens with two attached hydrogens (primary N) is 1. The molecule has 7 heteroatoms. The van der Waals surface area contributed by atoms with E-state index >= 15 is 0 Å². The van der Waals surface area contributed by atoms with Crippen LogP contribution >= 0.6 is 22.7 Å². The Balaban J connectivity index is 1.97. The van der Waals surface area contributed by atoms with Crippen molar-refractivity contribution >= 4 is 44.7 Å². The molecule has 0 amide bonds. The van der Waals surface area contributed by atoms with Gasteiger partial charge < -0.3 is 5.32 Å². The molecule has 0 saturated carbocycles. The molecule has 0 aliphatic heterocycles. The van der Waals surface area contributed by atoms with Crippen LogP contribution < -0.4 is 16.6 Å². The number of nitrogens with one attached hydrogen (secondary N) is 2. The Bertz CT molecular complexity index is 677. The van der Waals surface area contributed by atoms with Crippen LogP contribution in [-0.2, 0) is 0 Å². The average molecular weight is 291 g/mol. The van der Waals surface area contributed by atoms with E-state index in [-0.39, 0.29) is 6.04 Å². The molecule has 0 aromatic carbocycles. The summed E-state index contributed by atoms with van der Waals surface area (Å²) in [4.78, 5) is 9.63. The molecule has 5 nitrogen and oxygen atoms in total. The highest BCUT2D eigenvalue weighted by molar-refractivity contribution is 7.16. The van der Waals surface area contributed by atoms with E-state index in [0.717, 1.165) is 16.0 Å². The molecule has 0 aliphatic carbocycles. The third-order valence-electron chi connectivity index (χ3n) is 2.85. The van der Waals surface area contributed by atoms with Gasteiger partial charge in [0.25, 0.3) is 0 Å². The van der Waals surface area contributed by atoms with Crippen LogP contribution in [-0.4, -0.2) is 9.97 Å². The molecule has 3 aromatic heterocycles. The number of nitrogen functional groups attached to an aromatic ring is 1. The van der Waals surface area contributed by atoms with Gasteiger partial charge in [-0.15, -0.1) is 11.3 Å². The molecule has 0 aliphatic rings. The lowest BCUT2D eigenvalue weighted by Crippen LogP contribution is -2.13. The number of hydrogen-bond donors (Lipinski definition) is 3. The zero-order valence-electron chi connectivity index (χ0n) is 10.3. The largest absolute Gasteiger partial charge is 0.363 e. The first kappa shape index (κ1) is 12.3. The Morgan fingerprint density at radius 3 is 2.89 bits per heavy atom. The van der Waals surface area contributed by atoms with Crippen LogP contribution in [0.5, 0.6) is 0 Å². The van der Waals surface area contributed by atoms with Gasteiger partial charge in [0, 0.05) is 0 Å². The molecular formula is C12H13N5S2. The summed E-state index contributed by atoms with van der Waals surface area (Å²) in [5.74, 6) is 6.64. The lowest BCUT2D eigenvalue weighted by Gasteiger charge is -2.14. The van der Waals surface area contributed by atoms with Crippen LogP contribution in [0, 0.1) is 0 Å². The van der Waals surface area contributed by atoms with E-state index in [1.165, 1.54) is 5.56 Å². The van der Waals surface area contributed by atoms with Gasteiger partial charge in [-0.25, -0.2) is 10.8 Å². The highest BCUT2D eigenvalue weighted by atomic mass is 32.1. The molecular weight excluding hydrogens is 278 g/mol. The summed E-state index contributed by atoms with van der Waals surface area (Å²) in [6.07, 6.45) is 0. The number of rotatable bonds is 4. The Hall–Kier alpha value is -1.70. The van der Waals surface area contributed by atoms with E-state index in [1.807, 2.05) is 11.4 Å². The van der Waals surface area contributed by atoms with Crippen molar-refractivity contribution < 1.29 is 0 Å². The highest BCUT2D eigenvalue weighted by Gasteiger charge is 2.12. The van der Waals surface area contributed by atoms with Crippen molar-refractivity contribution in [3.63, 3.8) is 0 Å². The molecule has 0 spiro atoms. The minimum absolute atomic E-state index is 0.190. The lowest BCUT2D eigenvalue weighted by molar-refractivity contribution is 0.881. The smallest absolute Gasteiger partial charge is 0.240 e. The van der Waals surface area contributed by atoms with E-state index < -0.39 is 0 Å². The molecule has 98 valence electrons. The molecule has 0 radical (unpaired) electrons. The molecule has 0 saturated heterocycles. The predicted molar refractivity (Wildman–Crippen MR) is 81.6 cm³/mol. The maximum absolute atomic E-state index is 5.41. The predicted octanol–water partition coefficient (Wildman–Crippen LogP) is 3.21. The van der Waals surface area contributed by atoms with Gasteiger partial charge in [0.2, 0.25) is 5.95 Å². The average Bonchev–Trinajstić information content (AvgIpc) is 3.09.